The van der Waals surface area contributed by atoms with Crippen LogP contribution in [-0.4, -0.2) is 71.2 Å². The maximum absolute atomic E-state index is 14.7. The summed E-state index contributed by atoms with van der Waals surface area (Å²) in [6, 6.07) is 14.9. The number of nitriles is 1. The molecule has 2 amide bonds. The minimum Gasteiger partial charge on any atom is -0.496 e. The molecule has 0 bridgehead atoms. The Morgan fingerprint density at radius 1 is 1.19 bits per heavy atom. The number of hydrogen-bond acceptors (Lipinski definition) is 9. The minimum atomic E-state index is -0.578. The molecule has 1 N–H and O–H groups in total. The van der Waals surface area contributed by atoms with Crippen molar-refractivity contribution in [1.82, 2.24) is 19.9 Å². The van der Waals surface area contributed by atoms with E-state index in [0.29, 0.717) is 42.1 Å². The molecule has 210 valence electrons. The van der Waals surface area contributed by atoms with Crippen molar-refractivity contribution < 1.29 is 23.5 Å². The van der Waals surface area contributed by atoms with Crippen LogP contribution in [0.4, 0.5) is 20.6 Å². The Balaban J connectivity index is 1.35. The number of methoxy groups -OCH3 is 1. The van der Waals surface area contributed by atoms with Crippen molar-refractivity contribution in [3.8, 4) is 34.3 Å². The van der Waals surface area contributed by atoms with Gasteiger partial charge in [-0.05, 0) is 42.0 Å². The van der Waals surface area contributed by atoms with Crippen molar-refractivity contribution in [3.63, 3.8) is 0 Å². The van der Waals surface area contributed by atoms with Crippen molar-refractivity contribution in [2.45, 2.75) is 6.04 Å². The number of rotatable bonds is 6. The Kier molecular flexibility index (Phi) is 7.06. The number of pyridine rings is 1. The van der Waals surface area contributed by atoms with Gasteiger partial charge in [-0.15, -0.1) is 0 Å². The molecule has 2 aliphatic heterocycles. The maximum Gasteiger partial charge on any atom is 0.410 e. The fourth-order valence-electron chi connectivity index (χ4n) is 5.18. The molecule has 0 saturated carbocycles. The Morgan fingerprint density at radius 3 is 2.90 bits per heavy atom. The zero-order chi connectivity index (χ0) is 29.2. The van der Waals surface area contributed by atoms with Crippen LogP contribution in [0.25, 0.3) is 22.5 Å². The molecule has 2 aromatic heterocycles. The number of hydrogen-bond donors (Lipinski definition) is 1. The van der Waals surface area contributed by atoms with Gasteiger partial charge in [0.2, 0.25) is 0 Å². The third-order valence-electron chi connectivity index (χ3n) is 7.26. The summed E-state index contributed by atoms with van der Waals surface area (Å²) in [5, 5.41) is 12.6. The van der Waals surface area contributed by atoms with Crippen LogP contribution in [0.15, 0.2) is 67.1 Å². The van der Waals surface area contributed by atoms with E-state index in [-0.39, 0.29) is 41.6 Å². The molecule has 42 heavy (non-hydrogen) atoms. The number of nitrogens with one attached hydrogen (secondary N) is 1. The smallest absolute Gasteiger partial charge is 0.410 e. The molecule has 2 aromatic carbocycles. The van der Waals surface area contributed by atoms with E-state index in [1.807, 2.05) is 6.07 Å². The first-order valence-corrected chi connectivity index (χ1v) is 13.1. The monoisotopic (exact) mass is 565 g/mol. The van der Waals surface area contributed by atoms with Gasteiger partial charge in [0.25, 0.3) is 5.91 Å². The predicted molar refractivity (Wildman–Crippen MR) is 150 cm³/mol. The maximum atomic E-state index is 14.7. The normalized spacial score (nSPS) is 15.9. The summed E-state index contributed by atoms with van der Waals surface area (Å²) in [7, 11) is 1.42. The number of carbonyl (C=O) groups excluding carboxylic acids is 2. The number of carbonyl (C=O) groups is 2. The van der Waals surface area contributed by atoms with Gasteiger partial charge in [0.1, 0.15) is 23.9 Å². The lowest BCUT2D eigenvalue weighted by Crippen LogP contribution is -2.52. The number of amides is 2. The molecule has 2 aliphatic rings. The van der Waals surface area contributed by atoms with Gasteiger partial charge in [0.15, 0.2) is 5.82 Å². The lowest BCUT2D eigenvalue weighted by Gasteiger charge is -2.37. The van der Waals surface area contributed by atoms with Crippen molar-refractivity contribution in [2.24, 2.45) is 0 Å². The number of ether oxygens (including phenoxy) is 2. The van der Waals surface area contributed by atoms with Gasteiger partial charge < -0.3 is 19.7 Å². The van der Waals surface area contributed by atoms with Gasteiger partial charge in [-0.25, -0.2) is 19.2 Å². The second-order valence-electron chi connectivity index (χ2n) is 9.67. The molecule has 4 heterocycles. The fourth-order valence-corrected chi connectivity index (χ4v) is 5.18. The van der Waals surface area contributed by atoms with E-state index in [4.69, 9.17) is 9.47 Å². The molecular formula is C30H24FN7O4. The highest BCUT2D eigenvalue weighted by Crippen LogP contribution is 2.35. The predicted octanol–water partition coefficient (Wildman–Crippen LogP) is 4.12. The van der Waals surface area contributed by atoms with Crippen molar-refractivity contribution in [1.29, 1.82) is 5.26 Å². The average molecular weight is 566 g/mol. The summed E-state index contributed by atoms with van der Waals surface area (Å²) in [5.41, 5.74) is 3.12. The Labute approximate surface area is 240 Å². The standard InChI is InChI=1S/C30H24FN7O4/c1-41-26-4-2-3-22(31)27(26)28-34-10-8-24(35-28)29(39)36-23-6-5-18(21-15-33-9-7-19(21)14-32)13-25(23)37-11-12-38-20(16-37)17-42-30(38)40/h2-10,13,15,20H,11-12,16-17H2,1H3,(H,36,39). The molecule has 0 radical (unpaired) electrons. The highest BCUT2D eigenvalue weighted by atomic mass is 19.1. The van der Waals surface area contributed by atoms with Crippen molar-refractivity contribution >= 4 is 23.4 Å². The van der Waals surface area contributed by atoms with E-state index in [1.165, 1.54) is 31.5 Å². The first-order valence-electron chi connectivity index (χ1n) is 13.1. The van der Waals surface area contributed by atoms with Crippen LogP contribution < -0.4 is 15.0 Å². The molecule has 12 heteroatoms. The highest BCUT2D eigenvalue weighted by Gasteiger charge is 2.38. The zero-order valence-electron chi connectivity index (χ0n) is 22.5. The SMILES string of the molecule is COc1cccc(F)c1-c1nccc(C(=O)Nc2ccc(-c3cnccc3C#N)cc2N2CCN3C(=O)OCC3C2)n1. The molecule has 1 unspecified atom stereocenters. The lowest BCUT2D eigenvalue weighted by atomic mass is 10.0. The van der Waals surface area contributed by atoms with Gasteiger partial charge in [0.05, 0.1) is 41.7 Å². The summed E-state index contributed by atoms with van der Waals surface area (Å²) < 4.78 is 25.2. The summed E-state index contributed by atoms with van der Waals surface area (Å²) in [4.78, 5) is 42.0. The molecule has 2 saturated heterocycles. The minimum absolute atomic E-state index is 0.0100. The average Bonchev–Trinajstić information content (AvgIpc) is 3.40. The second-order valence-corrected chi connectivity index (χ2v) is 9.67. The Hall–Kier alpha value is -5.57. The highest BCUT2D eigenvalue weighted by molar-refractivity contribution is 6.05. The third kappa shape index (κ3) is 4.92. The van der Waals surface area contributed by atoms with Crippen LogP contribution in [-0.2, 0) is 4.74 Å². The molecule has 0 aliphatic carbocycles. The van der Waals surface area contributed by atoms with Crippen LogP contribution in [0, 0.1) is 17.1 Å². The van der Waals surface area contributed by atoms with E-state index < -0.39 is 11.7 Å². The molecule has 11 nitrogen and oxygen atoms in total. The van der Waals surface area contributed by atoms with Gasteiger partial charge >= 0.3 is 6.09 Å². The third-order valence-corrected chi connectivity index (χ3v) is 7.26. The number of nitrogens with zero attached hydrogens (tertiary/aromatic N) is 6. The first kappa shape index (κ1) is 26.6. The number of halogens is 1. The first-order chi connectivity index (χ1) is 20.5. The molecule has 6 rings (SSSR count). The van der Waals surface area contributed by atoms with Gasteiger partial charge in [-0.2, -0.15) is 5.26 Å². The van der Waals surface area contributed by atoms with E-state index in [9.17, 15) is 19.2 Å². The van der Waals surface area contributed by atoms with E-state index in [0.717, 1.165) is 5.56 Å². The number of fused-ring (bicyclic) bond motifs is 1. The van der Waals surface area contributed by atoms with E-state index in [2.05, 4.69) is 31.2 Å². The second kappa shape index (κ2) is 11.1. The van der Waals surface area contributed by atoms with Gasteiger partial charge in [0, 0.05) is 43.8 Å². The van der Waals surface area contributed by atoms with Crippen LogP contribution in [0.5, 0.6) is 5.75 Å². The van der Waals surface area contributed by atoms with Gasteiger partial charge in [-0.1, -0.05) is 12.1 Å². The fraction of sp³-hybridized carbons (Fsp3) is 0.200. The topological polar surface area (TPSA) is 134 Å². The molecule has 0 spiro atoms. The summed E-state index contributed by atoms with van der Waals surface area (Å²) in [5.74, 6) is -0.854. The van der Waals surface area contributed by atoms with Crippen LogP contribution in [0.3, 0.4) is 0 Å². The number of piperazine rings is 1. The largest absolute Gasteiger partial charge is 0.496 e. The zero-order valence-corrected chi connectivity index (χ0v) is 22.5. The van der Waals surface area contributed by atoms with Crippen LogP contribution >= 0.6 is 0 Å². The number of benzene rings is 2. The lowest BCUT2D eigenvalue weighted by molar-refractivity contribution is 0.102. The van der Waals surface area contributed by atoms with Gasteiger partial charge in [-0.3, -0.25) is 14.7 Å². The Morgan fingerprint density at radius 2 is 2.07 bits per heavy atom. The molecule has 2 fully saturated rings. The van der Waals surface area contributed by atoms with E-state index >= 15 is 0 Å². The Bertz CT molecular complexity index is 1740. The number of anilines is 2. The number of cyclic esters (lactones) is 1. The quantitative estimate of drug-likeness (QED) is 0.366. The molecular weight excluding hydrogens is 541 g/mol. The van der Waals surface area contributed by atoms with Crippen LogP contribution in [0.2, 0.25) is 0 Å². The van der Waals surface area contributed by atoms with Crippen molar-refractivity contribution in [2.75, 3.05) is 43.6 Å². The van der Waals surface area contributed by atoms with Crippen LogP contribution in [0.1, 0.15) is 16.1 Å². The van der Waals surface area contributed by atoms with Crippen molar-refractivity contribution in [3.05, 3.63) is 84.2 Å². The molecule has 4 aromatic rings. The summed E-state index contributed by atoms with van der Waals surface area (Å²) in [6.45, 7) is 1.72. The van der Waals surface area contributed by atoms with E-state index in [1.54, 1.807) is 41.6 Å². The summed E-state index contributed by atoms with van der Waals surface area (Å²) >= 11 is 0. The summed E-state index contributed by atoms with van der Waals surface area (Å²) in [6.07, 6.45) is 4.23. The molecule has 1 atom stereocenters. The number of aromatic nitrogens is 3.